The summed E-state index contributed by atoms with van der Waals surface area (Å²) in [6.45, 7) is 1.85. The van der Waals surface area contributed by atoms with Crippen LogP contribution in [0.4, 0.5) is 13.2 Å². The molecule has 78 valence electrons. The molecule has 0 heterocycles. The Morgan fingerprint density at radius 1 is 1.14 bits per heavy atom. The molecule has 0 nitrogen and oxygen atoms in total. The van der Waals surface area contributed by atoms with Crippen LogP contribution >= 0.6 is 22.6 Å². The third kappa shape index (κ3) is 2.87. The van der Waals surface area contributed by atoms with Gasteiger partial charge in [0.25, 0.3) is 0 Å². The third-order valence-electron chi connectivity index (χ3n) is 1.94. The maximum Gasteiger partial charge on any atom is 0.416 e. The lowest BCUT2D eigenvalue weighted by Crippen LogP contribution is -2.06. The summed E-state index contributed by atoms with van der Waals surface area (Å²) in [6, 6.07) is 4.25. The van der Waals surface area contributed by atoms with Crippen LogP contribution < -0.4 is 0 Å². The van der Waals surface area contributed by atoms with E-state index in [0.29, 0.717) is 10.8 Å². The summed E-state index contributed by atoms with van der Waals surface area (Å²) in [6.07, 6.45) is -3.60. The average molecular weight is 314 g/mol. The Bertz CT molecular complexity index is 295. The molecule has 0 N–H and O–H groups in total. The number of alkyl halides is 4. The fourth-order valence-corrected chi connectivity index (χ4v) is 1.65. The fourth-order valence-electron chi connectivity index (χ4n) is 1.21. The monoisotopic (exact) mass is 314 g/mol. The molecule has 0 saturated heterocycles. The van der Waals surface area contributed by atoms with Crippen LogP contribution in [0.3, 0.4) is 0 Å². The van der Waals surface area contributed by atoms with Crippen LogP contribution in [0.1, 0.15) is 23.6 Å². The van der Waals surface area contributed by atoms with Crippen LogP contribution in [0.2, 0.25) is 0 Å². The molecule has 1 aromatic rings. The van der Waals surface area contributed by atoms with Gasteiger partial charge in [0.05, 0.1) is 5.56 Å². The van der Waals surface area contributed by atoms with Crippen LogP contribution in [-0.4, -0.2) is 0 Å². The Labute approximate surface area is 94.6 Å². The summed E-state index contributed by atoms with van der Waals surface area (Å²) in [5, 5.41) is 0. The molecule has 14 heavy (non-hydrogen) atoms. The Morgan fingerprint density at radius 3 is 2.14 bits per heavy atom. The molecule has 0 aliphatic heterocycles. The fraction of sp³-hybridized carbons (Fsp3) is 0.400. The second kappa shape index (κ2) is 4.51. The van der Waals surface area contributed by atoms with Crippen molar-refractivity contribution in [3.8, 4) is 0 Å². The lowest BCUT2D eigenvalue weighted by atomic mass is 10.0. The molecule has 0 aromatic heterocycles. The minimum atomic E-state index is -4.23. The van der Waals surface area contributed by atoms with Crippen molar-refractivity contribution in [3.05, 3.63) is 34.9 Å². The van der Waals surface area contributed by atoms with E-state index in [2.05, 4.69) is 22.6 Å². The summed E-state index contributed by atoms with van der Waals surface area (Å²) >= 11 is 2.06. The standard InChI is InChI=1S/C10H10F3I/c1-2-7-3-8(6-14)5-9(4-7)10(11,12)13/h3-5H,2,6H2,1H3. The van der Waals surface area contributed by atoms with Crippen molar-refractivity contribution in [2.24, 2.45) is 0 Å². The predicted octanol–water partition coefficient (Wildman–Crippen LogP) is 4.20. The van der Waals surface area contributed by atoms with Gasteiger partial charge in [0.15, 0.2) is 0 Å². The molecule has 0 saturated carbocycles. The molecule has 1 aromatic carbocycles. The van der Waals surface area contributed by atoms with Gasteiger partial charge in [0, 0.05) is 4.43 Å². The number of halogens is 4. The molecule has 0 bridgehead atoms. The summed E-state index contributed by atoms with van der Waals surface area (Å²) < 4.78 is 37.9. The van der Waals surface area contributed by atoms with E-state index < -0.39 is 11.7 Å². The molecule has 1 rings (SSSR count). The van der Waals surface area contributed by atoms with Crippen molar-refractivity contribution in [1.82, 2.24) is 0 Å². The molecule has 0 unspecified atom stereocenters. The Morgan fingerprint density at radius 2 is 1.71 bits per heavy atom. The van der Waals surface area contributed by atoms with Crippen molar-refractivity contribution < 1.29 is 13.2 Å². The van der Waals surface area contributed by atoms with Crippen LogP contribution in [0.25, 0.3) is 0 Å². The summed E-state index contributed by atoms with van der Waals surface area (Å²) in [4.78, 5) is 0. The average Bonchev–Trinajstić information content (AvgIpc) is 2.15. The van der Waals surface area contributed by atoms with Crippen molar-refractivity contribution in [1.29, 1.82) is 0 Å². The van der Waals surface area contributed by atoms with Gasteiger partial charge < -0.3 is 0 Å². The molecule has 0 atom stereocenters. The van der Waals surface area contributed by atoms with Crippen molar-refractivity contribution in [3.63, 3.8) is 0 Å². The molecule has 0 amide bonds. The highest BCUT2D eigenvalue weighted by atomic mass is 127. The SMILES string of the molecule is CCc1cc(CI)cc(C(F)(F)F)c1. The first-order chi connectivity index (χ1) is 6.47. The number of rotatable bonds is 2. The highest BCUT2D eigenvalue weighted by Crippen LogP contribution is 2.31. The first-order valence-electron chi connectivity index (χ1n) is 4.23. The van der Waals surface area contributed by atoms with Crippen LogP contribution in [0, 0.1) is 0 Å². The Hall–Kier alpha value is -0.260. The molecule has 0 radical (unpaired) electrons. The topological polar surface area (TPSA) is 0 Å². The smallest absolute Gasteiger partial charge is 0.166 e. The number of hydrogen-bond donors (Lipinski definition) is 0. The molecular formula is C10H10F3I. The number of hydrogen-bond acceptors (Lipinski definition) is 0. The van der Waals surface area contributed by atoms with E-state index in [9.17, 15) is 13.2 Å². The minimum Gasteiger partial charge on any atom is -0.166 e. The zero-order valence-corrected chi connectivity index (χ0v) is 9.82. The van der Waals surface area contributed by atoms with E-state index in [0.717, 1.165) is 11.1 Å². The largest absolute Gasteiger partial charge is 0.416 e. The Balaban J connectivity index is 3.17. The molecule has 0 aliphatic rings. The molecule has 4 heteroatoms. The van der Waals surface area contributed by atoms with Crippen molar-refractivity contribution >= 4 is 22.6 Å². The second-order valence-electron chi connectivity index (χ2n) is 3.02. The lowest BCUT2D eigenvalue weighted by Gasteiger charge is -2.10. The van der Waals surface area contributed by atoms with Gasteiger partial charge in [-0.2, -0.15) is 13.2 Å². The van der Waals surface area contributed by atoms with E-state index in [1.807, 2.05) is 13.0 Å². The predicted molar refractivity (Wildman–Crippen MR) is 58.5 cm³/mol. The lowest BCUT2D eigenvalue weighted by molar-refractivity contribution is -0.137. The third-order valence-corrected chi connectivity index (χ3v) is 2.82. The Kier molecular flexibility index (Phi) is 3.80. The second-order valence-corrected chi connectivity index (χ2v) is 3.79. The molecule has 0 fully saturated rings. The summed E-state index contributed by atoms with van der Waals surface area (Å²) in [5.41, 5.74) is 0.937. The normalized spacial score (nSPS) is 11.8. The van der Waals surface area contributed by atoms with Crippen LogP contribution in [0.15, 0.2) is 18.2 Å². The van der Waals surface area contributed by atoms with Crippen molar-refractivity contribution in [2.75, 3.05) is 0 Å². The first kappa shape index (κ1) is 11.8. The summed E-state index contributed by atoms with van der Waals surface area (Å²) in [7, 11) is 0. The van der Waals surface area contributed by atoms with Gasteiger partial charge in [-0.25, -0.2) is 0 Å². The van der Waals surface area contributed by atoms with Gasteiger partial charge in [0.1, 0.15) is 0 Å². The minimum absolute atomic E-state index is 0.538. The molecular weight excluding hydrogens is 304 g/mol. The van der Waals surface area contributed by atoms with E-state index in [1.54, 1.807) is 0 Å². The van der Waals surface area contributed by atoms with Gasteiger partial charge >= 0.3 is 6.18 Å². The maximum atomic E-state index is 12.4. The molecule has 0 aliphatic carbocycles. The highest BCUT2D eigenvalue weighted by molar-refractivity contribution is 14.1. The van der Waals surface area contributed by atoms with E-state index in [4.69, 9.17) is 0 Å². The van der Waals surface area contributed by atoms with E-state index in [-0.39, 0.29) is 0 Å². The van der Waals surface area contributed by atoms with Gasteiger partial charge in [-0.05, 0) is 29.7 Å². The summed E-state index contributed by atoms with van der Waals surface area (Å²) in [5.74, 6) is 0. The number of aryl methyl sites for hydroxylation is 1. The maximum absolute atomic E-state index is 12.4. The zero-order valence-electron chi connectivity index (χ0n) is 7.66. The van der Waals surface area contributed by atoms with Crippen LogP contribution in [0.5, 0.6) is 0 Å². The quantitative estimate of drug-likeness (QED) is 0.567. The van der Waals surface area contributed by atoms with Gasteiger partial charge in [-0.3, -0.25) is 0 Å². The van der Waals surface area contributed by atoms with E-state index >= 15 is 0 Å². The zero-order chi connectivity index (χ0) is 10.8. The van der Waals surface area contributed by atoms with E-state index in [1.165, 1.54) is 12.1 Å². The van der Waals surface area contributed by atoms with Gasteiger partial charge in [-0.15, -0.1) is 0 Å². The van der Waals surface area contributed by atoms with Gasteiger partial charge in [0.2, 0.25) is 0 Å². The first-order valence-corrected chi connectivity index (χ1v) is 5.76. The van der Waals surface area contributed by atoms with Crippen molar-refractivity contribution in [2.45, 2.75) is 23.9 Å². The highest BCUT2D eigenvalue weighted by Gasteiger charge is 2.30. The van der Waals surface area contributed by atoms with Crippen LogP contribution in [-0.2, 0) is 17.0 Å². The van der Waals surface area contributed by atoms with Gasteiger partial charge in [-0.1, -0.05) is 35.6 Å². The molecule has 0 spiro atoms. The number of benzene rings is 1.